The van der Waals surface area contributed by atoms with Crippen LogP contribution in [-0.2, 0) is 10.0 Å². The third kappa shape index (κ3) is 5.68. The van der Waals surface area contributed by atoms with Crippen molar-refractivity contribution in [1.82, 2.24) is 9.29 Å². The van der Waals surface area contributed by atoms with E-state index in [1.54, 1.807) is 33.1 Å². The van der Waals surface area contributed by atoms with Gasteiger partial charge in [0.05, 0.1) is 28.4 Å². The molecule has 0 bridgehead atoms. The first-order valence-electron chi connectivity index (χ1n) is 11.5. The van der Waals surface area contributed by atoms with E-state index in [0.717, 1.165) is 9.71 Å². The molecule has 11 heteroatoms. The molecule has 3 aromatic carbocycles. The van der Waals surface area contributed by atoms with E-state index in [1.807, 2.05) is 6.07 Å². The third-order valence-electron chi connectivity index (χ3n) is 5.59. The number of methoxy groups -OCH3 is 1. The number of rotatable bonds is 9. The van der Waals surface area contributed by atoms with Gasteiger partial charge in [0.25, 0.3) is 5.91 Å². The van der Waals surface area contributed by atoms with E-state index in [0.29, 0.717) is 35.1 Å². The third-order valence-corrected chi connectivity index (χ3v) is 8.65. The standard InChI is InChI=1S/C26H25FN4O4S2/c1-4-30(5-2)37(33,34)22-13-8-19(9-14-22)25(32)31(28-17-18-6-10-20(27)11-7-18)26-29-23-15-12-21(35-3)16-24(23)36-26/h6-17H,4-5H2,1-3H3/b28-17+. The molecule has 0 aliphatic heterocycles. The first-order valence-corrected chi connectivity index (χ1v) is 13.7. The van der Waals surface area contributed by atoms with Gasteiger partial charge in [-0.25, -0.2) is 17.8 Å². The van der Waals surface area contributed by atoms with Crippen molar-refractivity contribution >= 4 is 48.8 Å². The van der Waals surface area contributed by atoms with Crippen LogP contribution in [0.25, 0.3) is 10.2 Å². The van der Waals surface area contributed by atoms with E-state index in [9.17, 15) is 17.6 Å². The summed E-state index contributed by atoms with van der Waals surface area (Å²) in [5, 5.41) is 5.82. The predicted molar refractivity (Wildman–Crippen MR) is 144 cm³/mol. The smallest absolute Gasteiger partial charge is 0.280 e. The monoisotopic (exact) mass is 540 g/mol. The summed E-state index contributed by atoms with van der Waals surface area (Å²) in [7, 11) is -2.10. The number of benzene rings is 3. The number of hydrazone groups is 1. The molecule has 37 heavy (non-hydrogen) atoms. The molecular weight excluding hydrogens is 515 g/mol. The first kappa shape index (κ1) is 26.4. The van der Waals surface area contributed by atoms with Gasteiger partial charge in [0.1, 0.15) is 11.6 Å². The Balaban J connectivity index is 1.72. The Morgan fingerprint density at radius 2 is 1.73 bits per heavy atom. The van der Waals surface area contributed by atoms with Gasteiger partial charge in [-0.05, 0) is 60.2 Å². The summed E-state index contributed by atoms with van der Waals surface area (Å²) in [6, 6.07) is 16.8. The van der Waals surface area contributed by atoms with Crippen molar-refractivity contribution in [3.63, 3.8) is 0 Å². The second-order valence-electron chi connectivity index (χ2n) is 7.86. The van der Waals surface area contributed by atoms with E-state index < -0.39 is 15.9 Å². The van der Waals surface area contributed by atoms with Crippen molar-refractivity contribution in [2.24, 2.45) is 5.10 Å². The molecule has 4 aromatic rings. The lowest BCUT2D eigenvalue weighted by Crippen LogP contribution is -2.30. The molecule has 0 saturated heterocycles. The molecular formula is C26H25FN4O4S2. The van der Waals surface area contributed by atoms with Gasteiger partial charge in [-0.1, -0.05) is 37.3 Å². The molecule has 1 heterocycles. The Labute approximate surface area is 218 Å². The molecule has 8 nitrogen and oxygen atoms in total. The van der Waals surface area contributed by atoms with Gasteiger partial charge in [-0.2, -0.15) is 14.4 Å². The summed E-state index contributed by atoms with van der Waals surface area (Å²) in [6.45, 7) is 4.22. The number of ether oxygens (including phenoxy) is 1. The van der Waals surface area contributed by atoms with E-state index in [4.69, 9.17) is 4.74 Å². The minimum atomic E-state index is -3.66. The number of hydrogen-bond acceptors (Lipinski definition) is 7. The number of amides is 1. The minimum absolute atomic E-state index is 0.0983. The van der Waals surface area contributed by atoms with Crippen LogP contribution in [0.5, 0.6) is 5.75 Å². The van der Waals surface area contributed by atoms with Crippen LogP contribution < -0.4 is 9.75 Å². The molecule has 0 spiro atoms. The normalized spacial score (nSPS) is 11.9. The second kappa shape index (κ2) is 11.2. The molecule has 1 amide bonds. The molecule has 0 fully saturated rings. The maximum Gasteiger partial charge on any atom is 0.280 e. The molecule has 0 aliphatic rings. The Hall–Kier alpha value is -3.67. The molecule has 0 unspecified atom stereocenters. The van der Waals surface area contributed by atoms with Crippen LogP contribution in [0, 0.1) is 5.82 Å². The Kier molecular flexibility index (Phi) is 7.96. The van der Waals surface area contributed by atoms with E-state index in [2.05, 4.69) is 10.1 Å². The zero-order chi connectivity index (χ0) is 26.6. The van der Waals surface area contributed by atoms with Crippen LogP contribution in [0.1, 0.15) is 29.8 Å². The maximum atomic E-state index is 13.6. The number of anilines is 1. The predicted octanol–water partition coefficient (Wildman–Crippen LogP) is 5.16. The van der Waals surface area contributed by atoms with Crippen molar-refractivity contribution in [2.45, 2.75) is 18.7 Å². The lowest BCUT2D eigenvalue weighted by molar-refractivity contribution is 0.0987. The molecule has 0 N–H and O–H groups in total. The SMILES string of the molecule is CCN(CC)S(=O)(=O)c1ccc(C(=O)N(/N=C/c2ccc(F)cc2)c2nc3ccc(OC)cc3s2)cc1. The average molecular weight is 541 g/mol. The van der Waals surface area contributed by atoms with E-state index in [1.165, 1.54) is 70.4 Å². The molecule has 0 radical (unpaired) electrons. The lowest BCUT2D eigenvalue weighted by atomic mass is 10.2. The van der Waals surface area contributed by atoms with Gasteiger partial charge in [0.2, 0.25) is 15.2 Å². The van der Waals surface area contributed by atoms with Crippen molar-refractivity contribution in [3.05, 3.63) is 83.7 Å². The molecule has 0 aliphatic carbocycles. The van der Waals surface area contributed by atoms with Gasteiger partial charge in [-0.3, -0.25) is 4.79 Å². The van der Waals surface area contributed by atoms with Crippen molar-refractivity contribution in [2.75, 3.05) is 25.2 Å². The van der Waals surface area contributed by atoms with Crippen LogP contribution in [0.15, 0.2) is 76.7 Å². The number of nitrogens with zero attached hydrogens (tertiary/aromatic N) is 4. The number of sulfonamides is 1. The summed E-state index contributed by atoms with van der Waals surface area (Å²) < 4.78 is 46.4. The highest BCUT2D eigenvalue weighted by molar-refractivity contribution is 7.89. The Bertz CT molecular complexity index is 1530. The maximum absolute atomic E-state index is 13.6. The Morgan fingerprint density at radius 1 is 1.05 bits per heavy atom. The van der Waals surface area contributed by atoms with Gasteiger partial charge < -0.3 is 4.74 Å². The number of hydrogen-bond donors (Lipinski definition) is 0. The first-order chi connectivity index (χ1) is 17.8. The van der Waals surface area contributed by atoms with E-state index >= 15 is 0 Å². The fraction of sp³-hybridized carbons (Fsp3) is 0.192. The number of thiazole rings is 1. The minimum Gasteiger partial charge on any atom is -0.497 e. The number of carbonyl (C=O) groups excluding carboxylic acids is 1. The number of fused-ring (bicyclic) bond motifs is 1. The Morgan fingerprint density at radius 3 is 2.35 bits per heavy atom. The number of halogens is 1. The molecule has 1 aromatic heterocycles. The van der Waals surface area contributed by atoms with Crippen LogP contribution in [0.4, 0.5) is 9.52 Å². The van der Waals surface area contributed by atoms with Crippen molar-refractivity contribution in [3.8, 4) is 5.75 Å². The van der Waals surface area contributed by atoms with Crippen LogP contribution in [0.2, 0.25) is 0 Å². The largest absolute Gasteiger partial charge is 0.497 e. The fourth-order valence-corrected chi connectivity index (χ4v) is 5.99. The molecule has 0 saturated carbocycles. The second-order valence-corrected chi connectivity index (χ2v) is 10.8. The molecule has 0 atom stereocenters. The van der Waals surface area contributed by atoms with E-state index in [-0.39, 0.29) is 16.3 Å². The topological polar surface area (TPSA) is 92.2 Å². The molecule has 192 valence electrons. The lowest BCUT2D eigenvalue weighted by Gasteiger charge is -2.19. The van der Waals surface area contributed by atoms with Crippen molar-refractivity contribution in [1.29, 1.82) is 0 Å². The van der Waals surface area contributed by atoms with Crippen LogP contribution >= 0.6 is 11.3 Å². The summed E-state index contributed by atoms with van der Waals surface area (Å²) >= 11 is 1.25. The molecule has 4 rings (SSSR count). The quantitative estimate of drug-likeness (QED) is 0.216. The number of aromatic nitrogens is 1. The highest BCUT2D eigenvalue weighted by Gasteiger charge is 2.24. The van der Waals surface area contributed by atoms with Crippen LogP contribution in [0.3, 0.4) is 0 Å². The highest BCUT2D eigenvalue weighted by Crippen LogP contribution is 2.32. The highest BCUT2D eigenvalue weighted by atomic mass is 32.2. The summed E-state index contributed by atoms with van der Waals surface area (Å²) in [5.41, 5.74) is 1.48. The van der Waals surface area contributed by atoms with Gasteiger partial charge in [0, 0.05) is 18.7 Å². The summed E-state index contributed by atoms with van der Waals surface area (Å²) in [4.78, 5) is 18.2. The summed E-state index contributed by atoms with van der Waals surface area (Å²) in [6.07, 6.45) is 1.43. The number of carbonyl (C=O) groups is 1. The van der Waals surface area contributed by atoms with Crippen LogP contribution in [-0.4, -0.2) is 50.0 Å². The van der Waals surface area contributed by atoms with Crippen molar-refractivity contribution < 1.29 is 22.3 Å². The zero-order valence-electron chi connectivity index (χ0n) is 20.5. The van der Waals surface area contributed by atoms with Gasteiger partial charge >= 0.3 is 0 Å². The summed E-state index contributed by atoms with van der Waals surface area (Å²) in [5.74, 6) is -0.235. The zero-order valence-corrected chi connectivity index (χ0v) is 22.1. The average Bonchev–Trinajstić information content (AvgIpc) is 3.33. The van der Waals surface area contributed by atoms with Gasteiger partial charge in [-0.15, -0.1) is 0 Å². The van der Waals surface area contributed by atoms with Gasteiger partial charge in [0.15, 0.2) is 0 Å². The fourth-order valence-electron chi connectivity index (χ4n) is 3.58.